The predicted octanol–water partition coefficient (Wildman–Crippen LogP) is 1.19. The molecule has 7 nitrogen and oxygen atoms in total. The van der Waals surface area contributed by atoms with Gasteiger partial charge in [0.2, 0.25) is 0 Å². The zero-order valence-electron chi connectivity index (χ0n) is 11.6. The average Bonchev–Trinajstić information content (AvgIpc) is 3.20. The minimum absolute atomic E-state index is 0.870. The Kier molecular flexibility index (Phi) is 4.92. The summed E-state index contributed by atoms with van der Waals surface area (Å²) in [4.78, 5) is 26.0. The number of aliphatic carboxylic acids is 2. The lowest BCUT2D eigenvalue weighted by molar-refractivity contribution is -0.159. The fraction of sp³-hybridized carbons (Fsp3) is 0.133. The second kappa shape index (κ2) is 7.07. The average molecular weight is 301 g/mol. The van der Waals surface area contributed by atoms with Gasteiger partial charge in [-0.1, -0.05) is 30.3 Å². The Morgan fingerprint density at radius 2 is 1.59 bits per heavy atom. The summed E-state index contributed by atoms with van der Waals surface area (Å²) in [6.45, 7) is 1.81. The highest BCUT2D eigenvalue weighted by Crippen LogP contribution is 2.18. The molecule has 2 heterocycles. The predicted molar refractivity (Wildman–Crippen MR) is 80.9 cm³/mol. The number of nitrogens with one attached hydrogen (secondary N) is 2. The van der Waals surface area contributed by atoms with Crippen molar-refractivity contribution in [3.8, 4) is 11.3 Å². The monoisotopic (exact) mass is 301 g/mol. The van der Waals surface area contributed by atoms with Crippen molar-refractivity contribution in [2.24, 2.45) is 4.99 Å². The van der Waals surface area contributed by atoms with E-state index < -0.39 is 11.9 Å². The Morgan fingerprint density at radius 1 is 0.955 bits per heavy atom. The second-order valence-electron chi connectivity index (χ2n) is 4.42. The zero-order valence-corrected chi connectivity index (χ0v) is 11.6. The number of carboxylic acids is 2. The first-order valence-corrected chi connectivity index (χ1v) is 6.57. The Labute approximate surface area is 126 Å². The van der Waals surface area contributed by atoms with Gasteiger partial charge in [-0.3, -0.25) is 4.99 Å². The normalized spacial score (nSPS) is 12.6. The minimum atomic E-state index is -1.82. The highest BCUT2D eigenvalue weighted by atomic mass is 16.4. The summed E-state index contributed by atoms with van der Waals surface area (Å²) in [5.41, 5.74) is 3.40. The first-order valence-electron chi connectivity index (χ1n) is 6.57. The van der Waals surface area contributed by atoms with Crippen LogP contribution in [-0.4, -0.2) is 46.1 Å². The van der Waals surface area contributed by atoms with Gasteiger partial charge in [-0.05, 0) is 17.7 Å². The van der Waals surface area contributed by atoms with Crippen molar-refractivity contribution in [3.63, 3.8) is 0 Å². The molecular weight excluding hydrogens is 286 g/mol. The molecule has 0 atom stereocenters. The summed E-state index contributed by atoms with van der Waals surface area (Å²) in [5, 5.41) is 18.0. The topological polar surface area (TPSA) is 115 Å². The molecule has 0 spiro atoms. The van der Waals surface area contributed by atoms with E-state index in [4.69, 9.17) is 19.8 Å². The summed E-state index contributed by atoms with van der Waals surface area (Å²) in [6.07, 6.45) is 0. The van der Waals surface area contributed by atoms with Crippen LogP contribution < -0.4 is 5.32 Å². The quantitative estimate of drug-likeness (QED) is 0.622. The van der Waals surface area contributed by atoms with Crippen LogP contribution in [0.3, 0.4) is 0 Å². The smallest absolute Gasteiger partial charge is 0.414 e. The standard InChI is InChI=1S/C13H13N3.C2H2O4/c1-2-4-10(5-3-1)11-6-7-12(16-11)13-14-8-9-15-13;3-1(4)2(5)6/h1-7,16H,8-9H2,(H,14,15);(H,3,4)(H,5,6). The van der Waals surface area contributed by atoms with Gasteiger partial charge in [0.15, 0.2) is 0 Å². The van der Waals surface area contributed by atoms with E-state index in [-0.39, 0.29) is 0 Å². The molecule has 0 saturated heterocycles. The molecule has 7 heteroatoms. The van der Waals surface area contributed by atoms with E-state index in [1.807, 2.05) is 18.2 Å². The van der Waals surface area contributed by atoms with Crippen molar-refractivity contribution >= 4 is 17.8 Å². The number of hydrogen-bond acceptors (Lipinski definition) is 4. The SMILES string of the molecule is O=C(O)C(=O)O.c1ccc(-c2ccc(C3=NCCN3)[nH]2)cc1. The summed E-state index contributed by atoms with van der Waals surface area (Å²) in [5.74, 6) is -2.67. The van der Waals surface area contributed by atoms with Crippen LogP contribution in [0.25, 0.3) is 11.3 Å². The first-order chi connectivity index (χ1) is 10.6. The van der Waals surface area contributed by atoms with Crippen LogP contribution in [-0.2, 0) is 9.59 Å². The van der Waals surface area contributed by atoms with Gasteiger partial charge < -0.3 is 20.5 Å². The number of benzene rings is 1. The molecule has 4 N–H and O–H groups in total. The number of carboxylic acid groups (broad SMARTS) is 2. The summed E-state index contributed by atoms with van der Waals surface area (Å²) >= 11 is 0. The van der Waals surface area contributed by atoms with Crippen LogP contribution in [0.5, 0.6) is 0 Å². The van der Waals surface area contributed by atoms with Gasteiger partial charge in [-0.2, -0.15) is 0 Å². The highest BCUT2D eigenvalue weighted by molar-refractivity contribution is 6.27. The number of hydrogen-bond donors (Lipinski definition) is 4. The largest absolute Gasteiger partial charge is 0.473 e. The van der Waals surface area contributed by atoms with Gasteiger partial charge in [0.25, 0.3) is 0 Å². The maximum absolute atomic E-state index is 9.10. The number of aliphatic imine (C=N–C) groups is 1. The van der Waals surface area contributed by atoms with E-state index in [0.29, 0.717) is 0 Å². The van der Waals surface area contributed by atoms with Gasteiger partial charge >= 0.3 is 11.9 Å². The third kappa shape index (κ3) is 3.95. The summed E-state index contributed by atoms with van der Waals surface area (Å²) < 4.78 is 0. The Hall–Kier alpha value is -3.09. The lowest BCUT2D eigenvalue weighted by Crippen LogP contribution is -2.19. The molecule has 22 heavy (non-hydrogen) atoms. The number of rotatable bonds is 2. The van der Waals surface area contributed by atoms with Gasteiger partial charge in [-0.25, -0.2) is 9.59 Å². The summed E-state index contributed by atoms with van der Waals surface area (Å²) in [6, 6.07) is 14.5. The van der Waals surface area contributed by atoms with Gasteiger partial charge in [-0.15, -0.1) is 0 Å². The van der Waals surface area contributed by atoms with E-state index in [0.717, 1.165) is 30.3 Å². The van der Waals surface area contributed by atoms with E-state index in [1.165, 1.54) is 5.56 Å². The lowest BCUT2D eigenvalue weighted by atomic mass is 10.2. The van der Waals surface area contributed by atoms with Crippen LogP contribution in [0.1, 0.15) is 5.69 Å². The molecular formula is C15H15N3O4. The van der Waals surface area contributed by atoms with Gasteiger partial charge in [0, 0.05) is 12.2 Å². The minimum Gasteiger partial charge on any atom is -0.473 e. The Morgan fingerprint density at radius 3 is 2.14 bits per heavy atom. The van der Waals surface area contributed by atoms with E-state index >= 15 is 0 Å². The van der Waals surface area contributed by atoms with E-state index in [1.54, 1.807) is 0 Å². The Bertz CT molecular complexity index is 680. The van der Waals surface area contributed by atoms with Crippen LogP contribution in [0.4, 0.5) is 0 Å². The molecule has 1 aromatic carbocycles. The number of aromatic amines is 1. The van der Waals surface area contributed by atoms with Crippen molar-refractivity contribution in [1.29, 1.82) is 0 Å². The molecule has 0 radical (unpaired) electrons. The van der Waals surface area contributed by atoms with E-state index in [2.05, 4.69) is 39.6 Å². The fourth-order valence-electron chi connectivity index (χ4n) is 1.90. The third-order valence-corrected chi connectivity index (χ3v) is 2.88. The van der Waals surface area contributed by atoms with E-state index in [9.17, 15) is 0 Å². The third-order valence-electron chi connectivity index (χ3n) is 2.88. The molecule has 1 aliphatic heterocycles. The molecule has 0 bridgehead atoms. The maximum Gasteiger partial charge on any atom is 0.414 e. The first kappa shape index (κ1) is 15.3. The number of amidine groups is 1. The molecule has 0 unspecified atom stereocenters. The molecule has 2 aromatic rings. The molecule has 0 aliphatic carbocycles. The van der Waals surface area contributed by atoms with Gasteiger partial charge in [0.05, 0.1) is 12.2 Å². The number of carbonyl (C=O) groups is 2. The molecule has 1 aromatic heterocycles. The number of aromatic nitrogens is 1. The molecule has 3 rings (SSSR count). The molecule has 0 saturated carbocycles. The van der Waals surface area contributed by atoms with Crippen LogP contribution in [0.15, 0.2) is 47.5 Å². The number of H-pyrrole nitrogens is 1. The maximum atomic E-state index is 9.10. The highest BCUT2D eigenvalue weighted by Gasteiger charge is 2.10. The summed E-state index contributed by atoms with van der Waals surface area (Å²) in [7, 11) is 0. The van der Waals surface area contributed by atoms with Crippen molar-refractivity contribution in [2.45, 2.75) is 0 Å². The van der Waals surface area contributed by atoms with Crippen molar-refractivity contribution in [2.75, 3.05) is 13.1 Å². The van der Waals surface area contributed by atoms with Crippen LogP contribution in [0, 0.1) is 0 Å². The fourth-order valence-corrected chi connectivity index (χ4v) is 1.90. The van der Waals surface area contributed by atoms with Crippen molar-refractivity contribution in [1.82, 2.24) is 10.3 Å². The molecule has 114 valence electrons. The lowest BCUT2D eigenvalue weighted by Gasteiger charge is -1.99. The zero-order chi connectivity index (χ0) is 15.9. The van der Waals surface area contributed by atoms with Crippen molar-refractivity contribution in [3.05, 3.63) is 48.2 Å². The van der Waals surface area contributed by atoms with Gasteiger partial charge in [0.1, 0.15) is 5.84 Å². The molecule has 0 fully saturated rings. The second-order valence-corrected chi connectivity index (χ2v) is 4.42. The molecule has 0 amide bonds. The van der Waals surface area contributed by atoms with Crippen molar-refractivity contribution < 1.29 is 19.8 Å². The van der Waals surface area contributed by atoms with Crippen LogP contribution in [0.2, 0.25) is 0 Å². The van der Waals surface area contributed by atoms with Crippen LogP contribution >= 0.6 is 0 Å². The molecule has 1 aliphatic rings. The number of nitrogens with zero attached hydrogens (tertiary/aromatic N) is 1. The Balaban J connectivity index is 0.000000254.